The van der Waals surface area contributed by atoms with Gasteiger partial charge in [0.1, 0.15) is 21.2 Å². The standard InChI is InChI=1S/C20H17N3O3S/c1-25-13-5-3-4-12(9-13)22-19(24)18-17(21)15-8-11-6-7-14(26-2)10-16(11)23-20(15)27-18/h3-10H,21H2,1-2H3,(H,22,24). The zero-order valence-corrected chi connectivity index (χ0v) is 15.6. The molecule has 4 rings (SSSR count). The normalized spacial score (nSPS) is 10.9. The molecule has 1 amide bonds. The van der Waals surface area contributed by atoms with Crippen LogP contribution >= 0.6 is 11.3 Å². The van der Waals surface area contributed by atoms with Gasteiger partial charge in [0.05, 0.1) is 25.4 Å². The zero-order chi connectivity index (χ0) is 19.0. The van der Waals surface area contributed by atoms with Gasteiger partial charge < -0.3 is 20.5 Å². The fourth-order valence-corrected chi connectivity index (χ4v) is 3.84. The lowest BCUT2D eigenvalue weighted by Crippen LogP contribution is -2.11. The fraction of sp³-hybridized carbons (Fsp3) is 0.100. The highest BCUT2D eigenvalue weighted by atomic mass is 32.1. The minimum Gasteiger partial charge on any atom is -0.497 e. The van der Waals surface area contributed by atoms with Crippen molar-refractivity contribution in [1.29, 1.82) is 0 Å². The van der Waals surface area contributed by atoms with E-state index in [0.29, 0.717) is 26.8 Å². The summed E-state index contributed by atoms with van der Waals surface area (Å²) in [5.41, 5.74) is 8.12. The Labute approximate surface area is 159 Å². The van der Waals surface area contributed by atoms with Crippen LogP contribution in [0.5, 0.6) is 11.5 Å². The number of aromatic nitrogens is 1. The molecule has 0 saturated carbocycles. The topological polar surface area (TPSA) is 86.5 Å². The zero-order valence-electron chi connectivity index (χ0n) is 14.8. The summed E-state index contributed by atoms with van der Waals surface area (Å²) >= 11 is 1.27. The summed E-state index contributed by atoms with van der Waals surface area (Å²) in [6, 6.07) is 14.8. The molecule has 0 aliphatic heterocycles. The molecule has 2 aromatic carbocycles. The third-order valence-corrected chi connectivity index (χ3v) is 5.37. The van der Waals surface area contributed by atoms with Gasteiger partial charge in [0.25, 0.3) is 5.91 Å². The van der Waals surface area contributed by atoms with Gasteiger partial charge in [-0.25, -0.2) is 4.98 Å². The van der Waals surface area contributed by atoms with Crippen molar-refractivity contribution in [3.63, 3.8) is 0 Å². The molecule has 0 bridgehead atoms. The van der Waals surface area contributed by atoms with Crippen LogP contribution in [0.4, 0.5) is 11.4 Å². The first-order valence-corrected chi connectivity index (χ1v) is 9.03. The second-order valence-corrected chi connectivity index (χ2v) is 6.93. The quantitative estimate of drug-likeness (QED) is 0.552. The number of rotatable bonds is 4. The number of ether oxygens (including phenoxy) is 2. The van der Waals surface area contributed by atoms with Crippen LogP contribution in [0.15, 0.2) is 48.5 Å². The van der Waals surface area contributed by atoms with Crippen molar-refractivity contribution in [2.24, 2.45) is 0 Å². The van der Waals surface area contributed by atoms with E-state index in [0.717, 1.165) is 22.0 Å². The Hall–Kier alpha value is -3.32. The molecule has 27 heavy (non-hydrogen) atoms. The number of fused-ring (bicyclic) bond motifs is 2. The van der Waals surface area contributed by atoms with Gasteiger partial charge in [0.2, 0.25) is 0 Å². The molecule has 0 saturated heterocycles. The van der Waals surface area contributed by atoms with Gasteiger partial charge in [-0.3, -0.25) is 4.79 Å². The Kier molecular flexibility index (Phi) is 4.29. The van der Waals surface area contributed by atoms with Crippen LogP contribution in [0.1, 0.15) is 9.67 Å². The maximum absolute atomic E-state index is 12.7. The number of hydrogen-bond donors (Lipinski definition) is 2. The summed E-state index contributed by atoms with van der Waals surface area (Å²) in [5, 5.41) is 4.57. The molecule has 0 aliphatic rings. The van der Waals surface area contributed by atoms with Gasteiger partial charge in [0.15, 0.2) is 0 Å². The highest BCUT2D eigenvalue weighted by Crippen LogP contribution is 2.35. The predicted molar refractivity (Wildman–Crippen MR) is 109 cm³/mol. The molecule has 6 nitrogen and oxygen atoms in total. The van der Waals surface area contributed by atoms with Gasteiger partial charge in [-0.1, -0.05) is 6.07 Å². The number of benzene rings is 2. The van der Waals surface area contributed by atoms with E-state index in [9.17, 15) is 4.79 Å². The van der Waals surface area contributed by atoms with E-state index >= 15 is 0 Å². The molecule has 0 radical (unpaired) electrons. The third-order valence-electron chi connectivity index (χ3n) is 4.26. The first kappa shape index (κ1) is 17.1. The number of nitrogens with zero attached hydrogens (tertiary/aromatic N) is 1. The van der Waals surface area contributed by atoms with E-state index in [1.807, 2.05) is 36.4 Å². The Morgan fingerprint density at radius 1 is 1.07 bits per heavy atom. The summed E-state index contributed by atoms with van der Waals surface area (Å²) < 4.78 is 10.4. The average Bonchev–Trinajstić information content (AvgIpc) is 3.01. The number of carbonyl (C=O) groups is 1. The molecular formula is C20H17N3O3S. The van der Waals surface area contributed by atoms with Crippen LogP contribution in [0, 0.1) is 0 Å². The lowest BCUT2D eigenvalue weighted by molar-refractivity contribution is 0.103. The molecule has 7 heteroatoms. The summed E-state index contributed by atoms with van der Waals surface area (Å²) in [5.74, 6) is 1.12. The number of hydrogen-bond acceptors (Lipinski definition) is 6. The number of thiophene rings is 1. The Morgan fingerprint density at radius 3 is 2.63 bits per heavy atom. The van der Waals surface area contributed by atoms with Gasteiger partial charge in [-0.05, 0) is 30.3 Å². The van der Waals surface area contributed by atoms with Crippen molar-refractivity contribution in [1.82, 2.24) is 4.98 Å². The second-order valence-electron chi connectivity index (χ2n) is 5.93. The van der Waals surface area contributed by atoms with E-state index in [4.69, 9.17) is 15.2 Å². The van der Waals surface area contributed by atoms with Gasteiger partial charge >= 0.3 is 0 Å². The number of anilines is 2. The van der Waals surface area contributed by atoms with Crippen molar-refractivity contribution in [2.45, 2.75) is 0 Å². The smallest absolute Gasteiger partial charge is 0.267 e. The van der Waals surface area contributed by atoms with Crippen molar-refractivity contribution >= 4 is 49.7 Å². The molecule has 0 unspecified atom stereocenters. The molecule has 2 heterocycles. The highest BCUT2D eigenvalue weighted by molar-refractivity contribution is 7.21. The van der Waals surface area contributed by atoms with Crippen LogP contribution in [0.25, 0.3) is 21.1 Å². The highest BCUT2D eigenvalue weighted by Gasteiger charge is 2.18. The van der Waals surface area contributed by atoms with E-state index < -0.39 is 0 Å². The van der Waals surface area contributed by atoms with Crippen LogP contribution in [-0.2, 0) is 0 Å². The molecule has 2 aromatic heterocycles. The van der Waals surface area contributed by atoms with Crippen LogP contribution in [0.3, 0.4) is 0 Å². The number of amides is 1. The van der Waals surface area contributed by atoms with Crippen molar-refractivity contribution in [3.8, 4) is 11.5 Å². The maximum Gasteiger partial charge on any atom is 0.267 e. The first-order chi connectivity index (χ1) is 13.1. The molecule has 0 spiro atoms. The van der Waals surface area contributed by atoms with Gasteiger partial charge in [0, 0.05) is 28.6 Å². The number of nitrogens with one attached hydrogen (secondary N) is 1. The summed E-state index contributed by atoms with van der Waals surface area (Å²) in [4.78, 5) is 18.5. The largest absolute Gasteiger partial charge is 0.497 e. The molecule has 4 aromatic rings. The molecule has 0 aliphatic carbocycles. The van der Waals surface area contributed by atoms with E-state index in [-0.39, 0.29) is 5.91 Å². The van der Waals surface area contributed by atoms with Crippen molar-refractivity contribution in [3.05, 3.63) is 53.4 Å². The maximum atomic E-state index is 12.7. The Bertz CT molecular complexity index is 1170. The molecule has 0 atom stereocenters. The lowest BCUT2D eigenvalue weighted by atomic mass is 10.1. The number of pyridine rings is 1. The van der Waals surface area contributed by atoms with Crippen molar-refractivity contribution < 1.29 is 14.3 Å². The van der Waals surface area contributed by atoms with Crippen LogP contribution in [0.2, 0.25) is 0 Å². The van der Waals surface area contributed by atoms with Gasteiger partial charge in [-0.15, -0.1) is 11.3 Å². The van der Waals surface area contributed by atoms with E-state index in [2.05, 4.69) is 10.3 Å². The number of carbonyl (C=O) groups excluding carboxylic acids is 1. The summed E-state index contributed by atoms with van der Waals surface area (Å²) in [6.07, 6.45) is 0. The third kappa shape index (κ3) is 3.13. The minimum absolute atomic E-state index is 0.273. The molecule has 3 N–H and O–H groups in total. The lowest BCUT2D eigenvalue weighted by Gasteiger charge is -2.06. The monoisotopic (exact) mass is 379 g/mol. The predicted octanol–water partition coefficient (Wildman–Crippen LogP) is 4.30. The summed E-state index contributed by atoms with van der Waals surface area (Å²) in [7, 11) is 3.19. The van der Waals surface area contributed by atoms with Crippen LogP contribution < -0.4 is 20.5 Å². The number of nitrogens with two attached hydrogens (primary N) is 1. The Morgan fingerprint density at radius 2 is 1.85 bits per heavy atom. The number of nitrogen functional groups attached to an aromatic ring is 1. The molecule has 136 valence electrons. The van der Waals surface area contributed by atoms with Crippen molar-refractivity contribution in [2.75, 3.05) is 25.3 Å². The minimum atomic E-state index is -0.273. The molecular weight excluding hydrogens is 362 g/mol. The van der Waals surface area contributed by atoms with E-state index in [1.54, 1.807) is 26.4 Å². The van der Waals surface area contributed by atoms with E-state index in [1.165, 1.54) is 11.3 Å². The van der Waals surface area contributed by atoms with Crippen LogP contribution in [-0.4, -0.2) is 25.1 Å². The van der Waals surface area contributed by atoms with Gasteiger partial charge in [-0.2, -0.15) is 0 Å². The average molecular weight is 379 g/mol. The Balaban J connectivity index is 1.73. The number of methoxy groups -OCH3 is 2. The molecule has 0 fully saturated rings. The SMILES string of the molecule is COc1cccc(NC(=O)c2sc3nc4cc(OC)ccc4cc3c2N)c1. The first-order valence-electron chi connectivity index (χ1n) is 8.21. The second kappa shape index (κ2) is 6.77. The fourth-order valence-electron chi connectivity index (χ4n) is 2.86. The summed E-state index contributed by atoms with van der Waals surface area (Å²) in [6.45, 7) is 0.